The lowest BCUT2D eigenvalue weighted by atomic mass is 10.1. The van der Waals surface area contributed by atoms with E-state index < -0.39 is 0 Å². The predicted octanol–water partition coefficient (Wildman–Crippen LogP) is 2.60. The first-order chi connectivity index (χ1) is 7.34. The molecule has 1 aliphatic heterocycles. The summed E-state index contributed by atoms with van der Waals surface area (Å²) in [6.07, 6.45) is 2.55. The van der Waals surface area contributed by atoms with Crippen molar-refractivity contribution in [2.24, 2.45) is 0 Å². The van der Waals surface area contributed by atoms with Crippen LogP contribution in [0.15, 0.2) is 24.3 Å². The van der Waals surface area contributed by atoms with Crippen LogP contribution in [0.1, 0.15) is 18.4 Å². The summed E-state index contributed by atoms with van der Waals surface area (Å²) < 4.78 is 0. The largest absolute Gasteiger partial charge is 0.315 e. The highest BCUT2D eigenvalue weighted by Crippen LogP contribution is 2.10. The molecule has 0 aliphatic carbocycles. The topological polar surface area (TPSA) is 24.1 Å². The van der Waals surface area contributed by atoms with Crippen LogP contribution >= 0.6 is 24.0 Å². The lowest BCUT2D eigenvalue weighted by Gasteiger charge is -2.23. The molecule has 1 saturated heterocycles. The molecule has 4 heteroatoms. The Hall–Kier alpha value is -0.280. The van der Waals surface area contributed by atoms with Crippen LogP contribution in [0.5, 0.6) is 0 Å². The first-order valence-corrected chi connectivity index (χ1v) is 5.91. The summed E-state index contributed by atoms with van der Waals surface area (Å²) >= 11 is 5.83. The van der Waals surface area contributed by atoms with Gasteiger partial charge in [-0.3, -0.25) is 0 Å². The van der Waals surface area contributed by atoms with E-state index in [0.29, 0.717) is 6.04 Å². The molecule has 1 atom stereocenters. The second-order valence-electron chi connectivity index (χ2n) is 4.05. The van der Waals surface area contributed by atoms with Crippen molar-refractivity contribution in [1.29, 1.82) is 0 Å². The van der Waals surface area contributed by atoms with E-state index in [1.807, 2.05) is 12.1 Å². The van der Waals surface area contributed by atoms with Crippen LogP contribution in [-0.4, -0.2) is 19.1 Å². The normalized spacial score (nSPS) is 20.2. The van der Waals surface area contributed by atoms with E-state index in [4.69, 9.17) is 11.6 Å². The highest BCUT2D eigenvalue weighted by molar-refractivity contribution is 6.30. The third-order valence-electron chi connectivity index (χ3n) is 2.80. The Morgan fingerprint density at radius 1 is 1.31 bits per heavy atom. The van der Waals surface area contributed by atoms with Gasteiger partial charge in [-0.25, -0.2) is 0 Å². The van der Waals surface area contributed by atoms with Crippen molar-refractivity contribution in [2.75, 3.05) is 13.1 Å². The maximum Gasteiger partial charge on any atom is 0.0406 e. The Kier molecular flexibility index (Phi) is 6.14. The van der Waals surface area contributed by atoms with Crippen LogP contribution in [0, 0.1) is 0 Å². The second-order valence-corrected chi connectivity index (χ2v) is 4.49. The molecule has 0 aromatic heterocycles. The number of benzene rings is 1. The van der Waals surface area contributed by atoms with Gasteiger partial charge in [0.15, 0.2) is 0 Å². The molecule has 16 heavy (non-hydrogen) atoms. The molecule has 1 heterocycles. The maximum atomic E-state index is 5.83. The molecule has 1 fully saturated rings. The molecule has 0 saturated carbocycles. The Morgan fingerprint density at radius 2 is 2.06 bits per heavy atom. The highest BCUT2D eigenvalue weighted by Gasteiger charge is 2.11. The number of halogens is 2. The predicted molar refractivity (Wildman–Crippen MR) is 71.4 cm³/mol. The summed E-state index contributed by atoms with van der Waals surface area (Å²) in [6, 6.07) is 8.65. The van der Waals surface area contributed by atoms with Gasteiger partial charge in [-0.05, 0) is 37.1 Å². The zero-order valence-corrected chi connectivity index (χ0v) is 10.8. The average molecular weight is 261 g/mol. The molecule has 0 bridgehead atoms. The second kappa shape index (κ2) is 7.13. The van der Waals surface area contributed by atoms with Gasteiger partial charge in [0, 0.05) is 24.2 Å². The van der Waals surface area contributed by atoms with Crippen LogP contribution in [-0.2, 0) is 6.54 Å². The lowest BCUT2D eigenvalue weighted by molar-refractivity contribution is 0.389. The monoisotopic (exact) mass is 260 g/mol. The third-order valence-corrected chi connectivity index (χ3v) is 3.06. The van der Waals surface area contributed by atoms with Crippen molar-refractivity contribution in [1.82, 2.24) is 10.6 Å². The minimum atomic E-state index is 0. The van der Waals surface area contributed by atoms with Gasteiger partial charge < -0.3 is 10.6 Å². The van der Waals surface area contributed by atoms with Gasteiger partial charge in [0.1, 0.15) is 0 Å². The van der Waals surface area contributed by atoms with Crippen LogP contribution in [0.2, 0.25) is 5.02 Å². The van der Waals surface area contributed by atoms with Crippen LogP contribution in [0.25, 0.3) is 0 Å². The summed E-state index contributed by atoms with van der Waals surface area (Å²) in [5, 5.41) is 7.75. The number of rotatable bonds is 3. The molecule has 1 aromatic rings. The summed E-state index contributed by atoms with van der Waals surface area (Å²) in [5.41, 5.74) is 1.30. The van der Waals surface area contributed by atoms with E-state index in [9.17, 15) is 0 Å². The van der Waals surface area contributed by atoms with Gasteiger partial charge in [-0.15, -0.1) is 12.4 Å². The van der Waals surface area contributed by atoms with E-state index in [1.165, 1.54) is 24.9 Å². The standard InChI is InChI=1S/C12H17ClN2.ClH/c13-11-5-3-10(4-6-11)8-15-12-2-1-7-14-9-12;/h3-6,12,14-15H,1-2,7-9H2;1H. The number of nitrogens with one attached hydrogen (secondary N) is 2. The van der Waals surface area contributed by atoms with Crippen molar-refractivity contribution in [3.05, 3.63) is 34.9 Å². The quantitative estimate of drug-likeness (QED) is 0.874. The Labute approximate surface area is 108 Å². The van der Waals surface area contributed by atoms with Gasteiger partial charge >= 0.3 is 0 Å². The van der Waals surface area contributed by atoms with E-state index in [0.717, 1.165) is 18.1 Å². The van der Waals surface area contributed by atoms with Gasteiger partial charge in [-0.2, -0.15) is 0 Å². The summed E-state index contributed by atoms with van der Waals surface area (Å²) in [7, 11) is 0. The minimum absolute atomic E-state index is 0. The molecule has 90 valence electrons. The molecular formula is C12H18Cl2N2. The van der Waals surface area contributed by atoms with E-state index in [1.54, 1.807) is 0 Å². The summed E-state index contributed by atoms with van der Waals surface area (Å²) in [5.74, 6) is 0. The van der Waals surface area contributed by atoms with E-state index in [-0.39, 0.29) is 12.4 Å². The Balaban J connectivity index is 0.00000128. The fraction of sp³-hybridized carbons (Fsp3) is 0.500. The fourth-order valence-electron chi connectivity index (χ4n) is 1.89. The van der Waals surface area contributed by atoms with Gasteiger partial charge in [-0.1, -0.05) is 23.7 Å². The number of piperidine rings is 1. The molecule has 0 radical (unpaired) electrons. The smallest absolute Gasteiger partial charge is 0.0406 e. The van der Waals surface area contributed by atoms with Gasteiger partial charge in [0.05, 0.1) is 0 Å². The molecule has 1 aliphatic rings. The zero-order valence-electron chi connectivity index (χ0n) is 9.21. The van der Waals surface area contributed by atoms with E-state index in [2.05, 4.69) is 22.8 Å². The molecule has 2 nitrogen and oxygen atoms in total. The van der Waals surface area contributed by atoms with Crippen LogP contribution in [0.3, 0.4) is 0 Å². The molecular weight excluding hydrogens is 243 g/mol. The first kappa shape index (κ1) is 13.8. The molecule has 1 aromatic carbocycles. The lowest BCUT2D eigenvalue weighted by Crippen LogP contribution is -2.42. The number of hydrogen-bond acceptors (Lipinski definition) is 2. The van der Waals surface area contributed by atoms with Crippen molar-refractivity contribution in [2.45, 2.75) is 25.4 Å². The van der Waals surface area contributed by atoms with Gasteiger partial charge in [0.2, 0.25) is 0 Å². The van der Waals surface area contributed by atoms with Crippen molar-refractivity contribution in [3.63, 3.8) is 0 Å². The molecule has 2 N–H and O–H groups in total. The SMILES string of the molecule is Cl.Clc1ccc(CNC2CCCNC2)cc1. The molecule has 1 unspecified atom stereocenters. The van der Waals surface area contributed by atoms with Crippen LogP contribution < -0.4 is 10.6 Å². The van der Waals surface area contributed by atoms with Gasteiger partial charge in [0.25, 0.3) is 0 Å². The summed E-state index contributed by atoms with van der Waals surface area (Å²) in [4.78, 5) is 0. The molecule has 0 amide bonds. The van der Waals surface area contributed by atoms with Crippen LogP contribution in [0.4, 0.5) is 0 Å². The zero-order chi connectivity index (χ0) is 10.5. The van der Waals surface area contributed by atoms with Crippen molar-refractivity contribution < 1.29 is 0 Å². The average Bonchev–Trinajstić information content (AvgIpc) is 2.30. The highest BCUT2D eigenvalue weighted by atomic mass is 35.5. The van der Waals surface area contributed by atoms with Crippen molar-refractivity contribution in [3.8, 4) is 0 Å². The van der Waals surface area contributed by atoms with Crippen molar-refractivity contribution >= 4 is 24.0 Å². The minimum Gasteiger partial charge on any atom is -0.315 e. The Morgan fingerprint density at radius 3 is 2.69 bits per heavy atom. The third kappa shape index (κ3) is 4.30. The Bertz CT molecular complexity index is 294. The molecule has 2 rings (SSSR count). The molecule has 0 spiro atoms. The number of hydrogen-bond donors (Lipinski definition) is 2. The first-order valence-electron chi connectivity index (χ1n) is 5.53. The van der Waals surface area contributed by atoms with E-state index >= 15 is 0 Å². The fourth-order valence-corrected chi connectivity index (χ4v) is 2.02. The summed E-state index contributed by atoms with van der Waals surface area (Å²) in [6.45, 7) is 3.19. The maximum absolute atomic E-state index is 5.83.